The molecule has 0 unspecified atom stereocenters. The second kappa shape index (κ2) is 4.57. The number of carbonyl (C=O) groups excluding carboxylic acids is 1. The third kappa shape index (κ3) is 1.79. The van der Waals surface area contributed by atoms with Crippen molar-refractivity contribution in [3.8, 4) is 0 Å². The van der Waals surface area contributed by atoms with Gasteiger partial charge in [0.2, 0.25) is 0 Å². The van der Waals surface area contributed by atoms with E-state index >= 15 is 0 Å². The molecule has 4 fully saturated rings. The SMILES string of the molecule is C[C@]12CCCC[C@@H]1CC[C@@H]1[C@@H]2CC[C@]2(C)C(=O)[C@](C)(F)C[C@@H]12. The number of alkyl halides is 1. The van der Waals surface area contributed by atoms with Crippen molar-refractivity contribution in [1.29, 1.82) is 0 Å². The second-order valence-corrected chi connectivity index (χ2v) is 9.59. The van der Waals surface area contributed by atoms with Crippen LogP contribution >= 0.6 is 0 Å². The molecule has 0 N–H and O–H groups in total. The first-order valence-electron chi connectivity index (χ1n) is 9.53. The fourth-order valence-electron chi connectivity index (χ4n) is 7.37. The molecule has 4 saturated carbocycles. The van der Waals surface area contributed by atoms with E-state index in [0.717, 1.165) is 24.7 Å². The van der Waals surface area contributed by atoms with Crippen molar-refractivity contribution in [2.45, 2.75) is 84.2 Å². The molecule has 0 aromatic carbocycles. The van der Waals surface area contributed by atoms with Gasteiger partial charge in [0.05, 0.1) is 0 Å². The zero-order chi connectivity index (χ0) is 15.8. The van der Waals surface area contributed by atoms with Crippen molar-refractivity contribution >= 4 is 5.78 Å². The van der Waals surface area contributed by atoms with Gasteiger partial charge in [0.15, 0.2) is 11.5 Å². The Morgan fingerprint density at radius 3 is 2.50 bits per heavy atom. The number of fused-ring (bicyclic) bond motifs is 5. The molecule has 0 saturated heterocycles. The highest BCUT2D eigenvalue weighted by molar-refractivity contribution is 5.94. The molecule has 7 atom stereocenters. The fraction of sp³-hybridized carbons (Fsp3) is 0.950. The highest BCUT2D eigenvalue weighted by Crippen LogP contribution is 2.66. The number of ketones is 1. The molecule has 0 aliphatic heterocycles. The molecule has 2 heteroatoms. The van der Waals surface area contributed by atoms with Gasteiger partial charge >= 0.3 is 0 Å². The van der Waals surface area contributed by atoms with Gasteiger partial charge in [-0.15, -0.1) is 0 Å². The number of Topliss-reactive ketones (excluding diaryl/α,β-unsaturated/α-hetero) is 1. The minimum atomic E-state index is -1.57. The van der Waals surface area contributed by atoms with E-state index in [-0.39, 0.29) is 11.2 Å². The molecule has 4 aliphatic carbocycles. The lowest BCUT2D eigenvalue weighted by atomic mass is 9.45. The van der Waals surface area contributed by atoms with E-state index in [1.807, 2.05) is 0 Å². The molecule has 1 nitrogen and oxygen atoms in total. The quantitative estimate of drug-likeness (QED) is 0.591. The summed E-state index contributed by atoms with van der Waals surface area (Å²) in [5, 5.41) is 0. The molecule has 0 aromatic heterocycles. The Hall–Kier alpha value is -0.400. The number of carbonyl (C=O) groups is 1. The molecule has 22 heavy (non-hydrogen) atoms. The van der Waals surface area contributed by atoms with Crippen molar-refractivity contribution in [2.75, 3.05) is 0 Å². The molecular formula is C20H31FO. The van der Waals surface area contributed by atoms with Crippen LogP contribution in [-0.4, -0.2) is 11.5 Å². The summed E-state index contributed by atoms with van der Waals surface area (Å²) < 4.78 is 14.8. The first kappa shape index (κ1) is 15.1. The summed E-state index contributed by atoms with van der Waals surface area (Å²) in [7, 11) is 0. The van der Waals surface area contributed by atoms with Gasteiger partial charge in [-0.1, -0.05) is 26.7 Å². The van der Waals surface area contributed by atoms with Crippen molar-refractivity contribution < 1.29 is 9.18 Å². The Labute approximate surface area is 134 Å². The standard InChI is InChI=1S/C20H31FO/c1-18-10-5-4-6-13(18)7-8-14-15(18)9-11-19(2)16(14)12-20(3,21)17(19)22/h13-16H,4-12H2,1-3H3/t13-,14-,15+,16+,18+,19+,20-/m1/s1. The maximum atomic E-state index is 14.8. The minimum Gasteiger partial charge on any atom is -0.295 e. The Morgan fingerprint density at radius 2 is 1.73 bits per heavy atom. The molecule has 0 radical (unpaired) electrons. The van der Waals surface area contributed by atoms with Crippen molar-refractivity contribution in [2.24, 2.45) is 34.5 Å². The molecule has 0 heterocycles. The van der Waals surface area contributed by atoms with Gasteiger partial charge in [0.25, 0.3) is 0 Å². The van der Waals surface area contributed by atoms with Crippen LogP contribution in [0.5, 0.6) is 0 Å². The zero-order valence-electron chi connectivity index (χ0n) is 14.5. The molecule has 0 amide bonds. The van der Waals surface area contributed by atoms with Crippen molar-refractivity contribution in [3.63, 3.8) is 0 Å². The van der Waals surface area contributed by atoms with Crippen LogP contribution in [0.25, 0.3) is 0 Å². The van der Waals surface area contributed by atoms with Gasteiger partial charge in [-0.05, 0) is 81.0 Å². The number of rotatable bonds is 0. The van der Waals surface area contributed by atoms with E-state index in [0.29, 0.717) is 23.7 Å². The third-order valence-corrected chi connectivity index (χ3v) is 8.57. The first-order chi connectivity index (χ1) is 10.3. The lowest BCUT2D eigenvalue weighted by molar-refractivity contribution is -0.142. The van der Waals surface area contributed by atoms with E-state index in [1.165, 1.54) is 38.5 Å². The largest absolute Gasteiger partial charge is 0.295 e. The average Bonchev–Trinajstić information content (AvgIpc) is 2.66. The molecule has 124 valence electrons. The number of hydrogen-bond donors (Lipinski definition) is 0. The summed E-state index contributed by atoms with van der Waals surface area (Å²) in [6.45, 7) is 6.15. The van der Waals surface area contributed by atoms with Crippen molar-refractivity contribution in [3.05, 3.63) is 0 Å². The Morgan fingerprint density at radius 1 is 0.955 bits per heavy atom. The average molecular weight is 306 g/mol. The number of hydrogen-bond acceptors (Lipinski definition) is 1. The minimum absolute atomic E-state index is 0.0839. The van der Waals surface area contributed by atoms with Crippen LogP contribution in [0.3, 0.4) is 0 Å². The van der Waals surface area contributed by atoms with Gasteiger partial charge in [-0.3, -0.25) is 4.79 Å². The lowest BCUT2D eigenvalue weighted by Gasteiger charge is -2.59. The van der Waals surface area contributed by atoms with Crippen LogP contribution in [0.15, 0.2) is 0 Å². The second-order valence-electron chi connectivity index (χ2n) is 9.59. The normalized spacial score (nSPS) is 57.9. The van der Waals surface area contributed by atoms with Crippen LogP contribution in [0.4, 0.5) is 4.39 Å². The van der Waals surface area contributed by atoms with Gasteiger partial charge in [0, 0.05) is 5.41 Å². The lowest BCUT2D eigenvalue weighted by Crippen LogP contribution is -2.52. The maximum Gasteiger partial charge on any atom is 0.175 e. The summed E-state index contributed by atoms with van der Waals surface area (Å²) in [5.74, 6) is 2.44. The Kier molecular flexibility index (Phi) is 3.15. The molecule has 0 spiro atoms. The fourth-order valence-corrected chi connectivity index (χ4v) is 7.37. The van der Waals surface area contributed by atoms with Gasteiger partial charge < -0.3 is 0 Å². The van der Waals surface area contributed by atoms with E-state index in [4.69, 9.17) is 0 Å². The molecule has 4 aliphatic rings. The molecule has 0 bridgehead atoms. The van der Waals surface area contributed by atoms with E-state index in [2.05, 4.69) is 13.8 Å². The Bertz CT molecular complexity index is 498. The smallest absolute Gasteiger partial charge is 0.175 e. The first-order valence-corrected chi connectivity index (χ1v) is 9.53. The summed E-state index contributed by atoms with van der Waals surface area (Å²) in [6.07, 6.45) is 10.7. The van der Waals surface area contributed by atoms with Crippen molar-refractivity contribution in [1.82, 2.24) is 0 Å². The van der Waals surface area contributed by atoms with Crippen LogP contribution in [0.2, 0.25) is 0 Å². The highest BCUT2D eigenvalue weighted by atomic mass is 19.1. The monoisotopic (exact) mass is 306 g/mol. The highest BCUT2D eigenvalue weighted by Gasteiger charge is 2.65. The van der Waals surface area contributed by atoms with Crippen LogP contribution in [0.1, 0.15) is 78.6 Å². The van der Waals surface area contributed by atoms with E-state index in [1.54, 1.807) is 6.92 Å². The maximum absolute atomic E-state index is 14.8. The van der Waals surface area contributed by atoms with Crippen LogP contribution in [0, 0.1) is 34.5 Å². The van der Waals surface area contributed by atoms with Gasteiger partial charge in [-0.2, -0.15) is 0 Å². The zero-order valence-corrected chi connectivity index (χ0v) is 14.5. The van der Waals surface area contributed by atoms with E-state index < -0.39 is 5.67 Å². The predicted octanol–water partition coefficient (Wildman–Crippen LogP) is 5.33. The summed E-state index contributed by atoms with van der Waals surface area (Å²) >= 11 is 0. The molecular weight excluding hydrogens is 275 g/mol. The van der Waals surface area contributed by atoms with E-state index in [9.17, 15) is 9.18 Å². The molecule has 4 rings (SSSR count). The molecule has 0 aromatic rings. The summed E-state index contributed by atoms with van der Waals surface area (Å²) in [4.78, 5) is 12.6. The summed E-state index contributed by atoms with van der Waals surface area (Å²) in [6, 6.07) is 0. The predicted molar refractivity (Wildman–Crippen MR) is 86.2 cm³/mol. The van der Waals surface area contributed by atoms with Gasteiger partial charge in [0.1, 0.15) is 0 Å². The third-order valence-electron chi connectivity index (χ3n) is 8.57. The van der Waals surface area contributed by atoms with Crippen LogP contribution in [-0.2, 0) is 4.79 Å². The van der Waals surface area contributed by atoms with Crippen LogP contribution < -0.4 is 0 Å². The number of halogens is 1. The topological polar surface area (TPSA) is 17.1 Å². The summed E-state index contributed by atoms with van der Waals surface area (Å²) in [5.41, 5.74) is -1.47. The Balaban J connectivity index is 1.68. The van der Waals surface area contributed by atoms with Gasteiger partial charge in [-0.25, -0.2) is 4.39 Å².